The van der Waals surface area contributed by atoms with Crippen molar-refractivity contribution in [2.75, 3.05) is 0 Å². The zero-order chi connectivity index (χ0) is 52.9. The monoisotopic (exact) mass is 998 g/mol. The highest BCUT2D eigenvalue weighted by molar-refractivity contribution is 6.02. The highest BCUT2D eigenvalue weighted by Gasteiger charge is 2.08. The minimum atomic E-state index is -0.709. The summed E-state index contributed by atoms with van der Waals surface area (Å²) in [6.07, 6.45) is -0.709. The van der Waals surface area contributed by atoms with Crippen LogP contribution in [0.2, 0.25) is 0 Å². The summed E-state index contributed by atoms with van der Waals surface area (Å²) >= 11 is 0. The molecule has 380 valence electrons. The van der Waals surface area contributed by atoms with Gasteiger partial charge in [-0.3, -0.25) is 9.51 Å². The van der Waals surface area contributed by atoms with Gasteiger partial charge in [0.2, 0.25) is 0 Å². The van der Waals surface area contributed by atoms with Crippen LogP contribution in [-0.4, -0.2) is 39.7 Å². The van der Waals surface area contributed by atoms with Gasteiger partial charge in [-0.15, -0.1) is 0 Å². The van der Waals surface area contributed by atoms with Crippen LogP contribution in [0.15, 0.2) is 213 Å². The summed E-state index contributed by atoms with van der Waals surface area (Å²) in [5.74, 6) is -0.0532. The summed E-state index contributed by atoms with van der Waals surface area (Å²) in [6.45, 7) is 2.50. The molecular formula is C55H58N12O7. The lowest BCUT2D eigenvalue weighted by Crippen LogP contribution is -2.16. The molecule has 0 bridgehead atoms. The number of amidine groups is 3. The van der Waals surface area contributed by atoms with Gasteiger partial charge in [-0.2, -0.15) is 4.99 Å². The molecule has 0 aliphatic heterocycles. The van der Waals surface area contributed by atoms with Crippen LogP contribution >= 0.6 is 0 Å². The molecule has 0 radical (unpaired) electrons. The molecule has 0 spiro atoms. The number of carbonyl (C=O) groups excluding carboxylic acids is 2. The van der Waals surface area contributed by atoms with E-state index in [1.807, 2.05) is 140 Å². The van der Waals surface area contributed by atoms with Crippen molar-refractivity contribution >= 4 is 29.6 Å². The van der Waals surface area contributed by atoms with E-state index in [9.17, 15) is 14.4 Å². The van der Waals surface area contributed by atoms with E-state index in [-0.39, 0.29) is 18.3 Å². The topological polar surface area (TPSA) is 340 Å². The van der Waals surface area contributed by atoms with E-state index >= 15 is 0 Å². The van der Waals surface area contributed by atoms with E-state index in [1.165, 1.54) is 0 Å². The van der Waals surface area contributed by atoms with Crippen molar-refractivity contribution in [1.29, 1.82) is 0 Å². The fourth-order valence-corrected chi connectivity index (χ4v) is 6.08. The Morgan fingerprint density at radius 2 is 0.878 bits per heavy atom. The van der Waals surface area contributed by atoms with Gasteiger partial charge in [0.05, 0.1) is 5.56 Å². The summed E-state index contributed by atoms with van der Waals surface area (Å²) in [6, 6.07) is 57.3. The van der Waals surface area contributed by atoms with E-state index in [4.69, 9.17) is 54.5 Å². The van der Waals surface area contributed by atoms with E-state index in [0.29, 0.717) is 61.1 Å². The largest absolute Gasteiger partial charge is 0.443 e. The second-order valence-electron chi connectivity index (χ2n) is 15.5. The Morgan fingerprint density at radius 1 is 0.473 bits per heavy atom. The Kier molecular flexibility index (Phi) is 22.7. The Labute approximate surface area is 427 Å². The molecule has 19 nitrogen and oxygen atoms in total. The Balaban J connectivity index is 0.000000184. The number of H-pyrrole nitrogens is 1. The van der Waals surface area contributed by atoms with Crippen molar-refractivity contribution in [2.24, 2.45) is 55.4 Å². The first kappa shape index (κ1) is 55.4. The third-order valence-electron chi connectivity index (χ3n) is 10.2. The molecule has 19 heteroatoms. The molecule has 1 heterocycles. The highest BCUT2D eigenvalue weighted by atomic mass is 16.7. The van der Waals surface area contributed by atoms with Crippen LogP contribution in [0.5, 0.6) is 0 Å². The molecule has 0 fully saturated rings. The molecular weight excluding hydrogens is 941 g/mol. The van der Waals surface area contributed by atoms with Gasteiger partial charge in [-0.1, -0.05) is 191 Å². The number of hydrogen-bond acceptors (Lipinski definition) is 14. The number of ether oxygens (including phenoxy) is 1. The fraction of sp³-hybridized carbons (Fsp3) is 0.109. The Hall–Kier alpha value is -9.53. The number of benzene rings is 7. The van der Waals surface area contributed by atoms with Crippen molar-refractivity contribution in [1.82, 2.24) is 10.1 Å². The van der Waals surface area contributed by atoms with E-state index < -0.39 is 17.8 Å². The first-order valence-electron chi connectivity index (χ1n) is 22.9. The molecule has 7 aromatic carbocycles. The predicted octanol–water partition coefficient (Wildman–Crippen LogP) is 6.28. The third-order valence-corrected chi connectivity index (χ3v) is 10.2. The molecule has 8 rings (SSSR count). The maximum Gasteiger partial charge on any atom is 0.439 e. The fourth-order valence-electron chi connectivity index (χ4n) is 6.08. The van der Waals surface area contributed by atoms with Crippen molar-refractivity contribution in [3.05, 3.63) is 254 Å². The SMILES string of the molecule is NCc1ccc(-c2noc(=O)[nH]2)cc1.NCc1ccc(C(N)=NC(=O)OCc2ccccc2)cc1.NCc1ccc(C(N)=NOC(=O)c2ccccc2)cc1.NCc1ccc(C(N)=NOCc2ccccc2)cc1. The zero-order valence-corrected chi connectivity index (χ0v) is 40.3. The molecule has 8 aromatic rings. The lowest BCUT2D eigenvalue weighted by atomic mass is 10.1. The lowest BCUT2D eigenvalue weighted by molar-refractivity contribution is 0.0516. The van der Waals surface area contributed by atoms with Gasteiger partial charge in [0, 0.05) is 48.4 Å². The molecule has 0 saturated carbocycles. The molecule has 74 heavy (non-hydrogen) atoms. The molecule has 0 aliphatic carbocycles. The summed E-state index contributed by atoms with van der Waals surface area (Å²) in [4.78, 5) is 50.2. The quantitative estimate of drug-likeness (QED) is 0.0242. The van der Waals surface area contributed by atoms with Crippen LogP contribution in [0.1, 0.15) is 60.4 Å². The van der Waals surface area contributed by atoms with Crippen LogP contribution < -0.4 is 45.9 Å². The van der Waals surface area contributed by atoms with Gasteiger partial charge < -0.3 is 54.5 Å². The Morgan fingerprint density at radius 3 is 1.31 bits per heavy atom. The maximum atomic E-state index is 11.7. The number of aliphatic imine (C=N–C) groups is 1. The number of oxime groups is 2. The first-order chi connectivity index (χ1) is 36.0. The van der Waals surface area contributed by atoms with Gasteiger partial charge >= 0.3 is 17.8 Å². The number of amides is 1. The highest BCUT2D eigenvalue weighted by Crippen LogP contribution is 2.14. The van der Waals surface area contributed by atoms with Crippen molar-refractivity contribution in [3.8, 4) is 11.4 Å². The molecule has 0 atom stereocenters. The molecule has 1 aromatic heterocycles. The van der Waals surface area contributed by atoms with Crippen molar-refractivity contribution in [3.63, 3.8) is 0 Å². The number of nitrogens with two attached hydrogens (primary N) is 7. The van der Waals surface area contributed by atoms with Gasteiger partial charge in [0.15, 0.2) is 17.5 Å². The number of nitrogens with one attached hydrogen (secondary N) is 1. The van der Waals surface area contributed by atoms with Gasteiger partial charge in [-0.25, -0.2) is 14.4 Å². The average molecular weight is 999 g/mol. The first-order valence-corrected chi connectivity index (χ1v) is 22.9. The van der Waals surface area contributed by atoms with E-state index in [1.54, 1.807) is 48.5 Å². The third kappa shape index (κ3) is 19.0. The minimum absolute atomic E-state index is 0.122. The molecule has 1 amide bonds. The summed E-state index contributed by atoms with van der Waals surface area (Å²) in [7, 11) is 0. The second kappa shape index (κ2) is 30.3. The van der Waals surface area contributed by atoms with Crippen molar-refractivity contribution in [2.45, 2.75) is 39.4 Å². The van der Waals surface area contributed by atoms with E-state index in [0.717, 1.165) is 44.5 Å². The van der Waals surface area contributed by atoms with Crippen LogP contribution in [-0.2, 0) is 53.8 Å². The molecule has 0 unspecified atom stereocenters. The normalized spacial score (nSPS) is 11.1. The number of aromatic amines is 1. The summed E-state index contributed by atoms with van der Waals surface area (Å²) in [5.41, 5.74) is 48.8. The van der Waals surface area contributed by atoms with Crippen LogP contribution in [0.25, 0.3) is 11.4 Å². The number of hydrogen-bond donors (Lipinski definition) is 8. The summed E-state index contributed by atoms with van der Waals surface area (Å²) in [5, 5.41) is 11.1. The second-order valence-corrected chi connectivity index (χ2v) is 15.5. The minimum Gasteiger partial charge on any atom is -0.443 e. The standard InChI is InChI=1S/C16H17N3O2.C15H15N3O2.C15H17N3O.C9H9N3O2/c17-10-12-6-8-14(9-7-12)15(18)19-16(20)21-11-13-4-2-1-3-5-13;16-10-11-6-8-12(9-7-11)14(17)18-20-15(19)13-4-2-1-3-5-13;16-10-12-6-8-14(9-7-12)15(17)18-19-11-13-4-2-1-3-5-13;10-5-6-1-3-7(4-2-6)8-11-9(13)14-12-8/h1-9H,10-11,17H2,(H2,18,19,20);1-9H,10,16H2,(H2,17,18);1-9H,10-11,16H2,(H2,17,18);1-4H,5,10H2,(H,11,12,13). The molecule has 0 saturated heterocycles. The summed E-state index contributed by atoms with van der Waals surface area (Å²) < 4.78 is 9.43. The van der Waals surface area contributed by atoms with Gasteiger partial charge in [0.25, 0.3) is 0 Å². The number of nitrogens with zero attached hydrogens (tertiary/aromatic N) is 4. The van der Waals surface area contributed by atoms with E-state index in [2.05, 4.69) is 30.0 Å². The number of rotatable bonds is 15. The molecule has 15 N–H and O–H groups in total. The van der Waals surface area contributed by atoms with Gasteiger partial charge in [0.1, 0.15) is 19.0 Å². The predicted molar refractivity (Wildman–Crippen MR) is 285 cm³/mol. The lowest BCUT2D eigenvalue weighted by Gasteiger charge is -2.04. The maximum absolute atomic E-state index is 11.7. The van der Waals surface area contributed by atoms with Crippen LogP contribution in [0.4, 0.5) is 4.79 Å². The van der Waals surface area contributed by atoms with Crippen LogP contribution in [0.3, 0.4) is 0 Å². The number of carbonyl (C=O) groups is 2. The Bertz CT molecular complexity index is 3080. The molecule has 0 aliphatic rings. The van der Waals surface area contributed by atoms with Crippen molar-refractivity contribution < 1.29 is 28.5 Å². The smallest absolute Gasteiger partial charge is 0.439 e. The number of aromatic nitrogens is 2. The average Bonchev–Trinajstić information content (AvgIpc) is 3.91. The van der Waals surface area contributed by atoms with Crippen LogP contribution in [0, 0.1) is 0 Å². The van der Waals surface area contributed by atoms with Gasteiger partial charge in [-0.05, 0) is 45.5 Å². The zero-order valence-electron chi connectivity index (χ0n) is 40.3.